The summed E-state index contributed by atoms with van der Waals surface area (Å²) in [6, 6.07) is 13.5. The zero-order valence-corrected chi connectivity index (χ0v) is 18.3. The summed E-state index contributed by atoms with van der Waals surface area (Å²) >= 11 is 0. The zero-order chi connectivity index (χ0) is 22.9. The third kappa shape index (κ3) is 4.42. The number of hydrogen-bond donors (Lipinski definition) is 2. The Morgan fingerprint density at radius 3 is 2.67 bits per heavy atom. The molecule has 0 aliphatic carbocycles. The molecule has 0 saturated carbocycles. The van der Waals surface area contributed by atoms with Crippen LogP contribution in [0.5, 0.6) is 0 Å². The van der Waals surface area contributed by atoms with Crippen LogP contribution < -0.4 is 5.56 Å². The van der Waals surface area contributed by atoms with E-state index >= 15 is 0 Å². The highest BCUT2D eigenvalue weighted by atomic mass is 19.1. The van der Waals surface area contributed by atoms with Crippen LogP contribution in [0.4, 0.5) is 4.39 Å². The molecule has 1 saturated heterocycles. The third-order valence-electron chi connectivity index (χ3n) is 6.24. The third-order valence-corrected chi connectivity index (χ3v) is 6.24. The van der Waals surface area contributed by atoms with E-state index in [4.69, 9.17) is 0 Å². The summed E-state index contributed by atoms with van der Waals surface area (Å²) in [5, 5.41) is 23.4. The average molecular weight is 449 g/mol. The van der Waals surface area contributed by atoms with Gasteiger partial charge in [-0.1, -0.05) is 23.8 Å². The number of rotatable bonds is 5. The number of fused-ring (bicyclic) bond motifs is 1. The number of aromatic amines is 1. The van der Waals surface area contributed by atoms with E-state index in [1.165, 1.54) is 12.1 Å². The number of halogens is 1. The van der Waals surface area contributed by atoms with E-state index in [1.54, 1.807) is 16.8 Å². The second-order valence-electron chi connectivity index (χ2n) is 8.64. The lowest BCUT2D eigenvalue weighted by atomic mass is 9.99. The summed E-state index contributed by atoms with van der Waals surface area (Å²) in [5.41, 5.74) is 3.08. The van der Waals surface area contributed by atoms with Crippen molar-refractivity contribution < 1.29 is 9.50 Å². The summed E-state index contributed by atoms with van der Waals surface area (Å²) in [6.07, 6.45) is 0.871. The maximum absolute atomic E-state index is 13.4. The minimum absolute atomic E-state index is 0.196. The summed E-state index contributed by atoms with van der Waals surface area (Å²) in [7, 11) is 0. The molecule has 0 radical (unpaired) electrons. The van der Waals surface area contributed by atoms with E-state index in [2.05, 4.69) is 25.4 Å². The van der Waals surface area contributed by atoms with Gasteiger partial charge < -0.3 is 10.1 Å². The SMILES string of the molecule is Cc1ccc2[nH]c(=O)c(C(c3nnnn3Cc3ccc(F)cc3)N3CCC(O)CC3)cc2c1. The fourth-order valence-corrected chi connectivity index (χ4v) is 4.47. The first kappa shape index (κ1) is 21.4. The van der Waals surface area contributed by atoms with Gasteiger partial charge in [-0.3, -0.25) is 9.69 Å². The Labute approximate surface area is 189 Å². The molecule has 2 aromatic carbocycles. The van der Waals surface area contributed by atoms with Gasteiger partial charge in [0, 0.05) is 24.2 Å². The van der Waals surface area contributed by atoms with Crippen LogP contribution in [0, 0.1) is 12.7 Å². The molecule has 0 amide bonds. The molecule has 0 spiro atoms. The van der Waals surface area contributed by atoms with Crippen LogP contribution in [-0.4, -0.2) is 54.4 Å². The van der Waals surface area contributed by atoms with Gasteiger partial charge in [-0.2, -0.15) is 0 Å². The lowest BCUT2D eigenvalue weighted by molar-refractivity contribution is 0.0659. The Morgan fingerprint density at radius 2 is 1.91 bits per heavy atom. The standard InChI is InChI=1S/C24H25FN6O2/c1-15-2-7-21-17(12-15)13-20(24(33)26-21)22(30-10-8-19(32)9-11-30)23-27-28-29-31(23)14-16-3-5-18(25)6-4-16/h2-7,12-13,19,22,32H,8-11,14H2,1H3,(H,26,33). The molecule has 33 heavy (non-hydrogen) atoms. The highest BCUT2D eigenvalue weighted by molar-refractivity contribution is 5.79. The first-order valence-electron chi connectivity index (χ1n) is 11.0. The van der Waals surface area contributed by atoms with Gasteiger partial charge >= 0.3 is 0 Å². The lowest BCUT2D eigenvalue weighted by Gasteiger charge is -2.35. The smallest absolute Gasteiger partial charge is 0.253 e. The van der Waals surface area contributed by atoms with Crippen molar-refractivity contribution in [2.24, 2.45) is 0 Å². The number of aryl methyl sites for hydroxylation is 1. The minimum Gasteiger partial charge on any atom is -0.393 e. The van der Waals surface area contributed by atoms with E-state index in [0.29, 0.717) is 43.9 Å². The van der Waals surface area contributed by atoms with Crippen molar-refractivity contribution in [2.75, 3.05) is 13.1 Å². The van der Waals surface area contributed by atoms with Crippen molar-refractivity contribution in [3.63, 3.8) is 0 Å². The number of pyridine rings is 1. The van der Waals surface area contributed by atoms with Crippen LogP contribution in [0.1, 0.15) is 41.4 Å². The van der Waals surface area contributed by atoms with E-state index in [1.807, 2.05) is 31.2 Å². The van der Waals surface area contributed by atoms with Gasteiger partial charge in [0.05, 0.1) is 12.6 Å². The Bertz CT molecular complexity index is 1330. The lowest BCUT2D eigenvalue weighted by Crippen LogP contribution is -2.41. The molecule has 1 aliphatic heterocycles. The number of aromatic nitrogens is 5. The molecule has 4 aromatic rings. The normalized spacial score (nSPS) is 16.3. The van der Waals surface area contributed by atoms with Crippen LogP contribution in [0.3, 0.4) is 0 Å². The zero-order valence-electron chi connectivity index (χ0n) is 18.3. The van der Waals surface area contributed by atoms with Crippen LogP contribution in [0.15, 0.2) is 53.3 Å². The molecular formula is C24H25FN6O2. The summed E-state index contributed by atoms with van der Waals surface area (Å²) in [5.74, 6) is 0.228. The number of piperidine rings is 1. The number of hydrogen-bond acceptors (Lipinski definition) is 6. The number of likely N-dealkylation sites (tertiary alicyclic amines) is 1. The number of nitrogens with zero attached hydrogens (tertiary/aromatic N) is 5. The molecule has 2 aromatic heterocycles. The van der Waals surface area contributed by atoms with Gasteiger partial charge in [0.1, 0.15) is 11.9 Å². The van der Waals surface area contributed by atoms with Crippen molar-refractivity contribution >= 4 is 10.9 Å². The molecule has 1 unspecified atom stereocenters. The Morgan fingerprint density at radius 1 is 1.15 bits per heavy atom. The first-order valence-corrected chi connectivity index (χ1v) is 11.0. The molecule has 9 heteroatoms. The molecule has 5 rings (SSSR count). The van der Waals surface area contributed by atoms with Crippen LogP contribution in [0.2, 0.25) is 0 Å². The Balaban J connectivity index is 1.60. The predicted octanol–water partition coefficient (Wildman–Crippen LogP) is 2.56. The summed E-state index contributed by atoms with van der Waals surface area (Å²) in [4.78, 5) is 18.4. The molecule has 170 valence electrons. The monoisotopic (exact) mass is 448 g/mol. The number of nitrogens with one attached hydrogen (secondary N) is 1. The van der Waals surface area contributed by atoms with E-state index in [9.17, 15) is 14.3 Å². The van der Waals surface area contributed by atoms with Gasteiger partial charge in [0.2, 0.25) is 0 Å². The number of benzene rings is 2. The minimum atomic E-state index is -0.485. The van der Waals surface area contributed by atoms with Gasteiger partial charge in [0.25, 0.3) is 5.56 Å². The highest BCUT2D eigenvalue weighted by Gasteiger charge is 2.32. The van der Waals surface area contributed by atoms with E-state index < -0.39 is 6.04 Å². The first-order chi connectivity index (χ1) is 16.0. The molecule has 3 heterocycles. The van der Waals surface area contributed by atoms with Crippen molar-refractivity contribution in [3.05, 3.63) is 87.2 Å². The van der Waals surface area contributed by atoms with Crippen LogP contribution in [-0.2, 0) is 6.54 Å². The number of aliphatic hydroxyl groups excluding tert-OH is 1. The van der Waals surface area contributed by atoms with Crippen molar-refractivity contribution in [1.29, 1.82) is 0 Å². The Kier molecular flexibility index (Phi) is 5.74. The maximum atomic E-state index is 13.4. The molecule has 2 N–H and O–H groups in total. The second kappa shape index (κ2) is 8.84. The predicted molar refractivity (Wildman–Crippen MR) is 121 cm³/mol. The topological polar surface area (TPSA) is 99.9 Å². The average Bonchev–Trinajstić information content (AvgIpc) is 3.25. The molecular weight excluding hydrogens is 423 g/mol. The fraction of sp³-hybridized carbons (Fsp3) is 0.333. The summed E-state index contributed by atoms with van der Waals surface area (Å²) in [6.45, 7) is 3.58. The molecule has 1 fully saturated rings. The number of aliphatic hydroxyl groups is 1. The number of H-pyrrole nitrogens is 1. The maximum Gasteiger partial charge on any atom is 0.253 e. The Hall–Kier alpha value is -3.43. The van der Waals surface area contributed by atoms with Crippen molar-refractivity contribution in [1.82, 2.24) is 30.1 Å². The quantitative estimate of drug-likeness (QED) is 0.487. The van der Waals surface area contributed by atoms with Crippen molar-refractivity contribution in [2.45, 2.75) is 38.5 Å². The van der Waals surface area contributed by atoms with Crippen molar-refractivity contribution in [3.8, 4) is 0 Å². The van der Waals surface area contributed by atoms with E-state index in [-0.39, 0.29) is 17.5 Å². The van der Waals surface area contributed by atoms with Crippen LogP contribution >= 0.6 is 0 Å². The van der Waals surface area contributed by atoms with Crippen LogP contribution in [0.25, 0.3) is 10.9 Å². The van der Waals surface area contributed by atoms with Gasteiger partial charge in [-0.05, 0) is 71.5 Å². The molecule has 1 aliphatic rings. The molecule has 1 atom stereocenters. The van der Waals surface area contributed by atoms with Gasteiger partial charge in [-0.15, -0.1) is 5.10 Å². The number of tetrazole rings is 1. The molecule has 0 bridgehead atoms. The largest absolute Gasteiger partial charge is 0.393 e. The fourth-order valence-electron chi connectivity index (χ4n) is 4.47. The van der Waals surface area contributed by atoms with E-state index in [0.717, 1.165) is 22.0 Å². The van der Waals surface area contributed by atoms with Gasteiger partial charge in [-0.25, -0.2) is 9.07 Å². The van der Waals surface area contributed by atoms with Gasteiger partial charge in [0.15, 0.2) is 5.82 Å². The molecule has 8 nitrogen and oxygen atoms in total. The highest BCUT2D eigenvalue weighted by Crippen LogP contribution is 2.30. The summed E-state index contributed by atoms with van der Waals surface area (Å²) < 4.78 is 15.0. The second-order valence-corrected chi connectivity index (χ2v) is 8.64.